The molecule has 5 heteroatoms. The van der Waals surface area contributed by atoms with E-state index in [1.807, 2.05) is 0 Å². The minimum absolute atomic E-state index is 0.586. The number of thiazole rings is 1. The summed E-state index contributed by atoms with van der Waals surface area (Å²) in [6.45, 7) is 2.08. The third-order valence-electron chi connectivity index (χ3n) is 1.84. The van der Waals surface area contributed by atoms with Crippen LogP contribution in [0, 0.1) is 0 Å². The predicted octanol–water partition coefficient (Wildman–Crippen LogP) is 1.74. The number of hydrogen-bond acceptors (Lipinski definition) is 5. The van der Waals surface area contributed by atoms with E-state index in [2.05, 4.69) is 21.9 Å². The lowest BCUT2D eigenvalue weighted by atomic mass is 10.2. The number of nitrogens with two attached hydrogens (primary N) is 1. The van der Waals surface area contributed by atoms with Crippen LogP contribution in [0.4, 0.5) is 5.13 Å². The van der Waals surface area contributed by atoms with Gasteiger partial charge in [-0.25, -0.2) is 4.98 Å². The Bertz CT molecular complexity index is 424. The maximum Gasteiger partial charge on any atom is 0.180 e. The number of hydrogen-bond donors (Lipinski definition) is 1. The fraction of sp³-hybridized carbons (Fsp3) is 0.222. The van der Waals surface area contributed by atoms with Crippen LogP contribution in [0.2, 0.25) is 0 Å². The number of aromatic nitrogens is 3. The molecule has 14 heavy (non-hydrogen) atoms. The van der Waals surface area contributed by atoms with E-state index in [-0.39, 0.29) is 0 Å². The zero-order chi connectivity index (χ0) is 9.97. The Morgan fingerprint density at radius 1 is 1.43 bits per heavy atom. The second kappa shape index (κ2) is 3.71. The Hall–Kier alpha value is -1.49. The molecule has 0 saturated heterocycles. The van der Waals surface area contributed by atoms with Crippen LogP contribution in [0.3, 0.4) is 0 Å². The van der Waals surface area contributed by atoms with Crippen LogP contribution in [-0.2, 0) is 6.42 Å². The lowest BCUT2D eigenvalue weighted by Gasteiger charge is -1.96. The highest BCUT2D eigenvalue weighted by molar-refractivity contribution is 7.15. The molecule has 0 radical (unpaired) electrons. The molecule has 2 heterocycles. The number of nitrogens with zero attached hydrogens (tertiary/aromatic N) is 3. The highest BCUT2D eigenvalue weighted by Gasteiger charge is 2.10. The van der Waals surface area contributed by atoms with Crippen molar-refractivity contribution in [3.63, 3.8) is 0 Å². The van der Waals surface area contributed by atoms with E-state index in [0.29, 0.717) is 5.13 Å². The van der Waals surface area contributed by atoms with E-state index in [1.165, 1.54) is 11.3 Å². The Morgan fingerprint density at radius 2 is 2.29 bits per heavy atom. The van der Waals surface area contributed by atoms with Crippen molar-refractivity contribution in [1.82, 2.24) is 15.0 Å². The minimum atomic E-state index is 0.586. The van der Waals surface area contributed by atoms with Gasteiger partial charge in [0.15, 0.2) is 5.13 Å². The van der Waals surface area contributed by atoms with E-state index in [1.54, 1.807) is 18.6 Å². The predicted molar refractivity (Wildman–Crippen MR) is 56.9 cm³/mol. The molecule has 72 valence electrons. The number of anilines is 1. The topological polar surface area (TPSA) is 64.7 Å². The van der Waals surface area contributed by atoms with Crippen molar-refractivity contribution in [2.75, 3.05) is 5.73 Å². The summed E-state index contributed by atoms with van der Waals surface area (Å²) < 4.78 is 0. The van der Waals surface area contributed by atoms with Crippen molar-refractivity contribution in [3.8, 4) is 11.4 Å². The van der Waals surface area contributed by atoms with Crippen molar-refractivity contribution >= 4 is 16.5 Å². The van der Waals surface area contributed by atoms with Crippen LogP contribution in [0.25, 0.3) is 11.4 Å². The first-order valence-electron chi connectivity index (χ1n) is 4.33. The molecule has 0 amide bonds. The Kier molecular flexibility index (Phi) is 2.41. The molecule has 2 rings (SSSR count). The van der Waals surface area contributed by atoms with Gasteiger partial charge in [0.05, 0.1) is 6.20 Å². The lowest BCUT2D eigenvalue weighted by Crippen LogP contribution is -1.89. The van der Waals surface area contributed by atoms with Gasteiger partial charge in [0.25, 0.3) is 0 Å². The lowest BCUT2D eigenvalue weighted by molar-refractivity contribution is 1.14. The SMILES string of the molecule is CCc1sc(N)nc1-c1cnccn1. The summed E-state index contributed by atoms with van der Waals surface area (Å²) in [5.41, 5.74) is 7.30. The van der Waals surface area contributed by atoms with Gasteiger partial charge in [-0.3, -0.25) is 9.97 Å². The van der Waals surface area contributed by atoms with Gasteiger partial charge in [-0.15, -0.1) is 11.3 Å². The summed E-state index contributed by atoms with van der Waals surface area (Å²) in [5.74, 6) is 0. The normalized spacial score (nSPS) is 10.4. The number of rotatable bonds is 2. The first kappa shape index (κ1) is 9.08. The molecular weight excluding hydrogens is 196 g/mol. The summed E-state index contributed by atoms with van der Waals surface area (Å²) in [5, 5.41) is 0.586. The molecule has 0 aromatic carbocycles. The third-order valence-corrected chi connectivity index (χ3v) is 2.87. The van der Waals surface area contributed by atoms with Crippen molar-refractivity contribution < 1.29 is 0 Å². The molecule has 2 N–H and O–H groups in total. The molecule has 0 spiro atoms. The maximum atomic E-state index is 5.65. The maximum absolute atomic E-state index is 5.65. The van der Waals surface area contributed by atoms with Crippen molar-refractivity contribution in [2.45, 2.75) is 13.3 Å². The second-order valence-corrected chi connectivity index (χ2v) is 3.88. The molecule has 0 fully saturated rings. The van der Waals surface area contributed by atoms with Gasteiger partial charge in [0.2, 0.25) is 0 Å². The first-order valence-corrected chi connectivity index (χ1v) is 5.14. The zero-order valence-corrected chi connectivity index (χ0v) is 8.58. The highest BCUT2D eigenvalue weighted by Crippen LogP contribution is 2.27. The Balaban J connectivity index is 2.51. The van der Waals surface area contributed by atoms with Crippen molar-refractivity contribution in [3.05, 3.63) is 23.5 Å². The van der Waals surface area contributed by atoms with Crippen molar-refractivity contribution in [2.24, 2.45) is 0 Å². The molecule has 0 unspecified atom stereocenters. The molecule has 0 bridgehead atoms. The average molecular weight is 206 g/mol. The Labute approximate surface area is 85.9 Å². The molecule has 0 saturated carbocycles. The summed E-state index contributed by atoms with van der Waals surface area (Å²) in [6, 6.07) is 0. The van der Waals surface area contributed by atoms with Crippen LogP contribution in [-0.4, -0.2) is 15.0 Å². The minimum Gasteiger partial charge on any atom is -0.375 e. The van der Waals surface area contributed by atoms with Crippen LogP contribution < -0.4 is 5.73 Å². The fourth-order valence-corrected chi connectivity index (χ4v) is 2.01. The van der Waals surface area contributed by atoms with Crippen LogP contribution in [0.15, 0.2) is 18.6 Å². The molecule has 0 aliphatic heterocycles. The average Bonchev–Trinajstić information content (AvgIpc) is 2.61. The Morgan fingerprint density at radius 3 is 2.93 bits per heavy atom. The summed E-state index contributed by atoms with van der Waals surface area (Å²) >= 11 is 1.51. The monoisotopic (exact) mass is 206 g/mol. The molecular formula is C9H10N4S. The fourth-order valence-electron chi connectivity index (χ4n) is 1.23. The van der Waals surface area contributed by atoms with E-state index >= 15 is 0 Å². The van der Waals surface area contributed by atoms with E-state index in [9.17, 15) is 0 Å². The van der Waals surface area contributed by atoms with Gasteiger partial charge in [-0.2, -0.15) is 0 Å². The highest BCUT2D eigenvalue weighted by atomic mass is 32.1. The van der Waals surface area contributed by atoms with Gasteiger partial charge in [-0.05, 0) is 6.42 Å². The van der Waals surface area contributed by atoms with Gasteiger partial charge >= 0.3 is 0 Å². The molecule has 0 aliphatic carbocycles. The van der Waals surface area contributed by atoms with Gasteiger partial charge in [0.1, 0.15) is 11.4 Å². The number of aryl methyl sites for hydroxylation is 1. The first-order chi connectivity index (χ1) is 6.81. The van der Waals surface area contributed by atoms with E-state index in [0.717, 1.165) is 22.7 Å². The standard InChI is InChI=1S/C9H10N4S/c1-2-7-8(13-9(10)14-7)6-5-11-3-4-12-6/h3-5H,2H2,1H3,(H2,10,13). The van der Waals surface area contributed by atoms with Gasteiger partial charge in [-0.1, -0.05) is 6.92 Å². The number of nitrogen functional groups attached to an aromatic ring is 1. The molecule has 4 nitrogen and oxygen atoms in total. The molecule has 0 aliphatic rings. The van der Waals surface area contributed by atoms with Gasteiger partial charge in [0, 0.05) is 17.3 Å². The van der Waals surface area contributed by atoms with Crippen LogP contribution >= 0.6 is 11.3 Å². The summed E-state index contributed by atoms with van der Waals surface area (Å²) in [7, 11) is 0. The quantitative estimate of drug-likeness (QED) is 0.813. The van der Waals surface area contributed by atoms with E-state index < -0.39 is 0 Å². The van der Waals surface area contributed by atoms with Crippen LogP contribution in [0.1, 0.15) is 11.8 Å². The largest absolute Gasteiger partial charge is 0.375 e. The molecule has 0 atom stereocenters. The third kappa shape index (κ3) is 1.58. The summed E-state index contributed by atoms with van der Waals surface area (Å²) in [4.78, 5) is 13.6. The van der Waals surface area contributed by atoms with Crippen molar-refractivity contribution in [1.29, 1.82) is 0 Å². The molecule has 2 aromatic heterocycles. The van der Waals surface area contributed by atoms with Crippen LogP contribution in [0.5, 0.6) is 0 Å². The summed E-state index contributed by atoms with van der Waals surface area (Å²) in [6.07, 6.45) is 5.92. The molecule has 2 aromatic rings. The second-order valence-electron chi connectivity index (χ2n) is 2.77. The zero-order valence-electron chi connectivity index (χ0n) is 7.77. The van der Waals surface area contributed by atoms with E-state index in [4.69, 9.17) is 5.73 Å². The smallest absolute Gasteiger partial charge is 0.180 e. The van der Waals surface area contributed by atoms with Gasteiger partial charge < -0.3 is 5.73 Å².